The van der Waals surface area contributed by atoms with E-state index in [1.54, 1.807) is 6.07 Å². The van der Waals surface area contributed by atoms with Gasteiger partial charge in [0.25, 0.3) is 21.6 Å². The Bertz CT molecular complexity index is 2970. The molecule has 4 N–H and O–H groups in total. The minimum atomic E-state index is -4.63. The average molecular weight is 1020 g/mol. The number of aromatic nitrogens is 2. The first-order valence-corrected chi connectivity index (χ1v) is 27.7. The smallest absolute Gasteiger partial charge is 0.293 e. The Labute approximate surface area is 427 Å². The van der Waals surface area contributed by atoms with E-state index < -0.39 is 37.0 Å². The molecular weight excluding hydrogens is 949 g/mol. The van der Waals surface area contributed by atoms with Crippen LogP contribution in [-0.4, -0.2) is 116 Å². The Morgan fingerprint density at radius 2 is 1.71 bits per heavy atom. The topological polar surface area (TPSA) is 205 Å². The van der Waals surface area contributed by atoms with Crippen LogP contribution in [0.4, 0.5) is 28.4 Å². The number of pyridine rings is 1. The largest absolute Gasteiger partial charge is 0.476 e. The van der Waals surface area contributed by atoms with Crippen molar-refractivity contribution in [3.8, 4) is 5.88 Å². The number of H-pyrrole nitrogens is 1. The number of anilines is 4. The van der Waals surface area contributed by atoms with Gasteiger partial charge in [-0.15, -0.1) is 0 Å². The summed E-state index contributed by atoms with van der Waals surface area (Å²) in [6.45, 7) is 12.1. The number of hydrogen-bond donors (Lipinski definition) is 4. The number of rotatable bonds is 12. The lowest BCUT2D eigenvalue weighted by Crippen LogP contribution is -2.58. The Hall–Kier alpha value is -5.79. The van der Waals surface area contributed by atoms with Gasteiger partial charge in [0, 0.05) is 74.1 Å². The number of carbonyl (C=O) groups excluding carboxylic acids is 1. The van der Waals surface area contributed by atoms with E-state index in [1.165, 1.54) is 23.3 Å². The fraction of sp³-hybridized carbons (Fsp3) is 0.527. The molecule has 1 amide bonds. The molecule has 5 fully saturated rings. The lowest BCUT2D eigenvalue weighted by atomic mass is 9.59. The van der Waals surface area contributed by atoms with Gasteiger partial charge in [-0.1, -0.05) is 38.1 Å². The summed E-state index contributed by atoms with van der Waals surface area (Å²) in [5.41, 5.74) is 4.90. The van der Waals surface area contributed by atoms with Crippen LogP contribution >= 0.6 is 0 Å². The molecule has 2 aromatic heterocycles. The van der Waals surface area contributed by atoms with Gasteiger partial charge in [-0.05, 0) is 136 Å². The fourth-order valence-corrected chi connectivity index (χ4v) is 13.7. The molecule has 0 bridgehead atoms. The molecule has 11 rings (SSSR count). The number of piperidine rings is 1. The van der Waals surface area contributed by atoms with Crippen molar-refractivity contribution >= 4 is 55.4 Å². The molecule has 0 unspecified atom stereocenters. The zero-order chi connectivity index (χ0) is 50.6. The summed E-state index contributed by atoms with van der Waals surface area (Å²) in [6, 6.07) is 22.6. The van der Waals surface area contributed by atoms with Gasteiger partial charge in [0.1, 0.15) is 17.0 Å². The van der Waals surface area contributed by atoms with Crippen LogP contribution in [-0.2, 0) is 19.5 Å². The molecule has 2 saturated carbocycles. The molecule has 4 aliphatic heterocycles. The molecule has 3 aromatic carbocycles. The van der Waals surface area contributed by atoms with E-state index in [0.717, 1.165) is 81.9 Å². The minimum Gasteiger partial charge on any atom is -0.476 e. The van der Waals surface area contributed by atoms with E-state index in [9.17, 15) is 28.4 Å². The molecule has 1 spiro atoms. The number of sulfonamides is 1. The van der Waals surface area contributed by atoms with Crippen LogP contribution < -0.4 is 24.6 Å². The number of amides is 1. The second-order valence-corrected chi connectivity index (χ2v) is 23.8. The van der Waals surface area contributed by atoms with Crippen molar-refractivity contribution in [1.82, 2.24) is 19.6 Å². The van der Waals surface area contributed by atoms with Crippen LogP contribution in [0.25, 0.3) is 11.0 Å². The molecule has 3 saturated heterocycles. The Kier molecular flexibility index (Phi) is 13.4. The van der Waals surface area contributed by atoms with Gasteiger partial charge in [-0.2, -0.15) is 4.98 Å². The summed E-state index contributed by atoms with van der Waals surface area (Å²) in [4.78, 5) is 41.4. The van der Waals surface area contributed by atoms with Crippen LogP contribution in [0.5, 0.6) is 5.88 Å². The molecule has 0 radical (unpaired) electrons. The standard InChI is InChI=1S/C55H68N8O9S/c1-35(2)42-6-4-5-7-43(42)50-34-71-25-23-61(50)40-29-55(30-40)18-21-60(22-19-55)39-8-10-44(47(27-39)62-46-15-24-70-32-38(46)33-72-53-49(62)26-37-14-20-56-51(37)58-53)52(64)59-73(68,69)41-9-11-45(48(28-41)63(66)67)57-31-36-12-16-54(3,65)17-13-36/h4-11,14,20,26-28,35-36,38,40,46,50,57,65H,12-13,15-19,21-25,29-34H2,1-3H3,(H,56,58)(H,59,64)/t36-,38-,46+,50+,54-/m1/s1. The van der Waals surface area contributed by atoms with Crippen molar-refractivity contribution in [1.29, 1.82) is 0 Å². The molecule has 73 heavy (non-hydrogen) atoms. The summed E-state index contributed by atoms with van der Waals surface area (Å²) in [7, 11) is -4.63. The Morgan fingerprint density at radius 3 is 2.49 bits per heavy atom. The monoisotopic (exact) mass is 1020 g/mol. The van der Waals surface area contributed by atoms with E-state index >= 15 is 0 Å². The van der Waals surface area contributed by atoms with Crippen LogP contribution in [0.15, 0.2) is 83.9 Å². The van der Waals surface area contributed by atoms with E-state index in [0.29, 0.717) is 87.1 Å². The first-order valence-electron chi connectivity index (χ1n) is 26.3. The number of nitrogens with zero attached hydrogens (tertiary/aromatic N) is 5. The third-order valence-electron chi connectivity index (χ3n) is 17.0. The number of hydrogen-bond acceptors (Lipinski definition) is 14. The fourth-order valence-electron chi connectivity index (χ4n) is 12.8. The number of nitro groups is 1. The highest BCUT2D eigenvalue weighted by Gasteiger charge is 2.50. The number of aromatic amines is 1. The lowest BCUT2D eigenvalue weighted by Gasteiger charge is -2.57. The van der Waals surface area contributed by atoms with Gasteiger partial charge >= 0.3 is 0 Å². The van der Waals surface area contributed by atoms with Crippen molar-refractivity contribution in [2.24, 2.45) is 17.3 Å². The molecule has 5 aromatic rings. The highest BCUT2D eigenvalue weighted by molar-refractivity contribution is 7.90. The third kappa shape index (κ3) is 9.88. The van der Waals surface area contributed by atoms with Gasteiger partial charge in [0.15, 0.2) is 0 Å². The normalized spacial score (nSPS) is 25.6. The summed E-state index contributed by atoms with van der Waals surface area (Å²) in [5, 5.41) is 26.8. The summed E-state index contributed by atoms with van der Waals surface area (Å²) in [5.74, 6) is 0.0386. The first kappa shape index (κ1) is 49.4. The van der Waals surface area contributed by atoms with Crippen LogP contribution in [0.2, 0.25) is 0 Å². The number of carbonyl (C=O) groups is 1. The zero-order valence-electron chi connectivity index (χ0n) is 42.1. The van der Waals surface area contributed by atoms with Gasteiger partial charge in [-0.25, -0.2) is 13.1 Å². The van der Waals surface area contributed by atoms with E-state index in [-0.39, 0.29) is 40.6 Å². The average Bonchev–Trinajstić information content (AvgIpc) is 3.78. The third-order valence-corrected chi connectivity index (χ3v) is 18.4. The van der Waals surface area contributed by atoms with Gasteiger partial charge in [-0.3, -0.25) is 19.8 Å². The quantitative estimate of drug-likeness (QED) is 0.0681. The van der Waals surface area contributed by atoms with Crippen molar-refractivity contribution in [3.05, 3.63) is 106 Å². The van der Waals surface area contributed by atoms with Gasteiger partial charge < -0.3 is 39.4 Å². The first-order chi connectivity index (χ1) is 35.1. The molecule has 3 atom stereocenters. The zero-order valence-corrected chi connectivity index (χ0v) is 42.9. The second kappa shape index (κ2) is 19.8. The maximum atomic E-state index is 14.8. The molecule has 18 heteroatoms. The molecule has 388 valence electrons. The van der Waals surface area contributed by atoms with E-state index in [2.05, 4.69) is 67.8 Å². The number of benzene rings is 3. The van der Waals surface area contributed by atoms with Crippen LogP contribution in [0, 0.1) is 27.4 Å². The van der Waals surface area contributed by atoms with Gasteiger partial charge in [0.2, 0.25) is 5.88 Å². The highest BCUT2D eigenvalue weighted by atomic mass is 32.2. The maximum absolute atomic E-state index is 14.8. The predicted octanol–water partition coefficient (Wildman–Crippen LogP) is 8.82. The molecule has 17 nitrogen and oxygen atoms in total. The summed E-state index contributed by atoms with van der Waals surface area (Å²) < 4.78 is 49.3. The van der Waals surface area contributed by atoms with Crippen molar-refractivity contribution < 1.29 is 37.5 Å². The van der Waals surface area contributed by atoms with Crippen molar-refractivity contribution in [2.45, 2.75) is 113 Å². The molecular formula is C55H68N8O9S. The molecule has 2 aliphatic carbocycles. The summed E-state index contributed by atoms with van der Waals surface area (Å²) in [6.07, 6.45) is 9.57. The van der Waals surface area contributed by atoms with E-state index in [1.807, 2.05) is 37.4 Å². The number of ether oxygens (including phenoxy) is 3. The number of aliphatic hydroxyl groups is 1. The van der Waals surface area contributed by atoms with Crippen LogP contribution in [0.1, 0.15) is 112 Å². The van der Waals surface area contributed by atoms with E-state index in [4.69, 9.17) is 19.2 Å². The predicted molar refractivity (Wildman–Crippen MR) is 279 cm³/mol. The number of fused-ring (bicyclic) bond motifs is 3. The van der Waals surface area contributed by atoms with Crippen molar-refractivity contribution in [3.63, 3.8) is 0 Å². The second-order valence-electron chi connectivity index (χ2n) is 22.2. The van der Waals surface area contributed by atoms with Crippen LogP contribution in [0.3, 0.4) is 0 Å². The Morgan fingerprint density at radius 1 is 0.932 bits per heavy atom. The van der Waals surface area contributed by atoms with Gasteiger partial charge in [0.05, 0.1) is 59.1 Å². The minimum absolute atomic E-state index is 0.100. The van der Waals surface area contributed by atoms with Crippen molar-refractivity contribution in [2.75, 3.05) is 74.3 Å². The Balaban J connectivity index is 0.874. The maximum Gasteiger partial charge on any atom is 0.293 e. The SMILES string of the molecule is CC(C)c1ccccc1[C@@H]1COCCN1C1CC2(CCN(c3ccc(C(=O)NS(=O)(=O)c4ccc(NC[C@H]5CC[C@](C)(O)CC5)c([N+](=O)[O-])c4)c(N4c5cc6cc[nH]c6nc5OC[C@H]5COCC[C@@H]54)c3)CC2)C1. The number of nitrogens with one attached hydrogen (secondary N) is 3. The highest BCUT2D eigenvalue weighted by Crippen LogP contribution is 2.54. The number of morpholine rings is 1. The summed E-state index contributed by atoms with van der Waals surface area (Å²) >= 11 is 0. The lowest BCUT2D eigenvalue weighted by molar-refractivity contribution is -0.384. The molecule has 6 aliphatic rings. The number of nitro benzene ring substituents is 1. The molecule has 6 heterocycles.